The smallest absolute Gasteiger partial charge is 0.0695 e. The predicted octanol–water partition coefficient (Wildman–Crippen LogP) is 4.17. The van der Waals surface area contributed by atoms with Crippen molar-refractivity contribution in [2.24, 2.45) is 0 Å². The highest BCUT2D eigenvalue weighted by Gasteiger charge is 1.95. The normalized spacial score (nSPS) is 11.8. The Bertz CT molecular complexity index is 436. The van der Waals surface area contributed by atoms with E-state index in [9.17, 15) is 0 Å². The number of hydrogen-bond donors (Lipinski definition) is 0. The third kappa shape index (κ3) is 3.35. The average molecular weight is 211 g/mol. The van der Waals surface area contributed by atoms with Crippen LogP contribution in [0.25, 0.3) is 5.57 Å². The highest BCUT2D eigenvalue weighted by Crippen LogP contribution is 2.14. The summed E-state index contributed by atoms with van der Waals surface area (Å²) >= 11 is 0. The van der Waals surface area contributed by atoms with Crippen LogP contribution in [0.5, 0.6) is 0 Å². The molecule has 0 amide bonds. The van der Waals surface area contributed by atoms with Crippen LogP contribution in [-0.2, 0) is 0 Å². The number of allylic oxidation sites excluding steroid dienone is 6. The van der Waals surface area contributed by atoms with E-state index in [0.29, 0.717) is 0 Å². The summed E-state index contributed by atoms with van der Waals surface area (Å²) in [5.41, 5.74) is 3.97. The molecule has 0 unspecified atom stereocenters. The summed E-state index contributed by atoms with van der Waals surface area (Å²) in [6.07, 6.45) is 7.78. The highest BCUT2D eigenvalue weighted by molar-refractivity contribution is 5.70. The molecule has 0 saturated carbocycles. The van der Waals surface area contributed by atoms with Gasteiger partial charge in [-0.1, -0.05) is 43.0 Å². The summed E-state index contributed by atoms with van der Waals surface area (Å²) < 4.78 is 0. The van der Waals surface area contributed by atoms with E-state index in [4.69, 9.17) is 0 Å². The standard InChI is InChI=1S/C15H17N/c1-5-14(12(2)3)10-9-13(4)15-8-6-7-11-16-15/h5-11H,2,4H2,1,3H3/b10-9-,14-5+. The lowest BCUT2D eigenvalue weighted by atomic mass is 10.1. The van der Waals surface area contributed by atoms with Crippen molar-refractivity contribution < 1.29 is 0 Å². The molecule has 0 spiro atoms. The average Bonchev–Trinajstić information content (AvgIpc) is 2.30. The van der Waals surface area contributed by atoms with Crippen LogP contribution in [0, 0.1) is 0 Å². The topological polar surface area (TPSA) is 12.9 Å². The minimum Gasteiger partial charge on any atom is -0.256 e. The fourth-order valence-electron chi connectivity index (χ4n) is 1.31. The Labute approximate surface area is 97.5 Å². The first-order chi connectivity index (χ1) is 7.65. The van der Waals surface area contributed by atoms with Gasteiger partial charge in [0.1, 0.15) is 0 Å². The maximum atomic E-state index is 4.23. The second-order valence-electron chi connectivity index (χ2n) is 3.60. The summed E-state index contributed by atoms with van der Waals surface area (Å²) in [4.78, 5) is 4.23. The van der Waals surface area contributed by atoms with Gasteiger partial charge in [0.2, 0.25) is 0 Å². The molecule has 0 aliphatic carbocycles. The lowest BCUT2D eigenvalue weighted by Crippen LogP contribution is -1.84. The van der Waals surface area contributed by atoms with Gasteiger partial charge < -0.3 is 0 Å². The van der Waals surface area contributed by atoms with Crippen LogP contribution in [0.2, 0.25) is 0 Å². The molecular formula is C15H17N. The van der Waals surface area contributed by atoms with Crippen molar-refractivity contribution in [2.45, 2.75) is 13.8 Å². The van der Waals surface area contributed by atoms with Gasteiger partial charge in [0, 0.05) is 6.20 Å². The maximum Gasteiger partial charge on any atom is 0.0695 e. The predicted molar refractivity (Wildman–Crippen MR) is 71.0 cm³/mol. The van der Waals surface area contributed by atoms with Crippen molar-refractivity contribution >= 4 is 5.57 Å². The van der Waals surface area contributed by atoms with Gasteiger partial charge in [-0.05, 0) is 37.1 Å². The van der Waals surface area contributed by atoms with E-state index in [0.717, 1.165) is 22.4 Å². The van der Waals surface area contributed by atoms with E-state index in [1.54, 1.807) is 6.20 Å². The van der Waals surface area contributed by atoms with Gasteiger partial charge in [-0.25, -0.2) is 0 Å². The second kappa shape index (κ2) is 5.86. The van der Waals surface area contributed by atoms with E-state index in [1.165, 1.54) is 0 Å². The fourth-order valence-corrected chi connectivity index (χ4v) is 1.31. The van der Waals surface area contributed by atoms with Gasteiger partial charge in [0.15, 0.2) is 0 Å². The summed E-state index contributed by atoms with van der Waals surface area (Å²) in [6.45, 7) is 11.9. The molecule has 82 valence electrons. The Morgan fingerprint density at radius 1 is 1.25 bits per heavy atom. The molecule has 0 fully saturated rings. The molecule has 1 nitrogen and oxygen atoms in total. The largest absolute Gasteiger partial charge is 0.256 e. The van der Waals surface area contributed by atoms with Crippen LogP contribution in [0.4, 0.5) is 0 Å². The molecule has 0 N–H and O–H groups in total. The molecule has 1 rings (SSSR count). The zero-order valence-electron chi connectivity index (χ0n) is 9.90. The molecule has 0 aliphatic heterocycles. The Hall–Kier alpha value is -1.89. The Morgan fingerprint density at radius 3 is 2.50 bits per heavy atom. The van der Waals surface area contributed by atoms with Crippen molar-refractivity contribution in [1.29, 1.82) is 0 Å². The minimum absolute atomic E-state index is 0.899. The van der Waals surface area contributed by atoms with Crippen LogP contribution in [0.15, 0.2) is 66.9 Å². The molecule has 1 aromatic rings. The molecule has 0 atom stereocenters. The molecule has 0 aliphatic rings. The number of aromatic nitrogens is 1. The second-order valence-corrected chi connectivity index (χ2v) is 3.60. The minimum atomic E-state index is 0.899. The van der Waals surface area contributed by atoms with Gasteiger partial charge in [0.25, 0.3) is 0 Å². The zero-order valence-corrected chi connectivity index (χ0v) is 9.90. The monoisotopic (exact) mass is 211 g/mol. The van der Waals surface area contributed by atoms with Crippen molar-refractivity contribution in [3.05, 3.63) is 72.6 Å². The van der Waals surface area contributed by atoms with Crippen LogP contribution in [0.3, 0.4) is 0 Å². The third-order valence-electron chi connectivity index (χ3n) is 2.26. The van der Waals surface area contributed by atoms with Crippen molar-refractivity contribution in [3.63, 3.8) is 0 Å². The van der Waals surface area contributed by atoms with Gasteiger partial charge in [-0.3, -0.25) is 4.98 Å². The van der Waals surface area contributed by atoms with Crippen LogP contribution in [-0.4, -0.2) is 4.98 Å². The fraction of sp³-hybridized carbons (Fsp3) is 0.133. The molecule has 16 heavy (non-hydrogen) atoms. The summed E-state index contributed by atoms with van der Waals surface area (Å²) in [5, 5.41) is 0. The molecule has 0 bridgehead atoms. The molecule has 1 heteroatoms. The van der Waals surface area contributed by atoms with Gasteiger partial charge in [-0.2, -0.15) is 0 Å². The molecule has 1 aromatic heterocycles. The molecular weight excluding hydrogens is 194 g/mol. The first-order valence-electron chi connectivity index (χ1n) is 5.25. The third-order valence-corrected chi connectivity index (χ3v) is 2.26. The van der Waals surface area contributed by atoms with Gasteiger partial charge in [-0.15, -0.1) is 0 Å². The highest BCUT2D eigenvalue weighted by atomic mass is 14.7. The summed E-state index contributed by atoms with van der Waals surface area (Å²) in [6, 6.07) is 5.80. The SMILES string of the molecule is C=C(C)C(/C=C\C(=C)c1ccccn1)=C/C. The lowest BCUT2D eigenvalue weighted by molar-refractivity contribution is 1.28. The number of rotatable bonds is 4. The molecule has 1 heterocycles. The van der Waals surface area contributed by atoms with Crippen molar-refractivity contribution in [1.82, 2.24) is 4.98 Å². The quantitative estimate of drug-likeness (QED) is 0.681. The van der Waals surface area contributed by atoms with E-state index in [2.05, 4.69) is 18.1 Å². The molecule has 0 radical (unpaired) electrons. The van der Waals surface area contributed by atoms with Gasteiger partial charge in [0.05, 0.1) is 5.69 Å². The summed E-state index contributed by atoms with van der Waals surface area (Å²) in [5.74, 6) is 0. The maximum absolute atomic E-state index is 4.23. The van der Waals surface area contributed by atoms with Crippen molar-refractivity contribution in [3.8, 4) is 0 Å². The Balaban J connectivity index is 2.80. The Morgan fingerprint density at radius 2 is 2.00 bits per heavy atom. The van der Waals surface area contributed by atoms with Crippen LogP contribution in [0.1, 0.15) is 19.5 Å². The van der Waals surface area contributed by atoms with E-state index in [1.807, 2.05) is 50.3 Å². The Kier molecular flexibility index (Phi) is 4.46. The zero-order chi connectivity index (χ0) is 12.0. The van der Waals surface area contributed by atoms with Gasteiger partial charge >= 0.3 is 0 Å². The van der Waals surface area contributed by atoms with E-state index < -0.39 is 0 Å². The molecule has 0 saturated heterocycles. The lowest BCUT2D eigenvalue weighted by Gasteiger charge is -2.01. The number of hydrogen-bond acceptors (Lipinski definition) is 1. The van der Waals surface area contributed by atoms with E-state index in [-0.39, 0.29) is 0 Å². The van der Waals surface area contributed by atoms with Crippen molar-refractivity contribution in [2.75, 3.05) is 0 Å². The van der Waals surface area contributed by atoms with E-state index >= 15 is 0 Å². The first-order valence-corrected chi connectivity index (χ1v) is 5.25. The summed E-state index contributed by atoms with van der Waals surface area (Å²) in [7, 11) is 0. The number of pyridine rings is 1. The van der Waals surface area contributed by atoms with Crippen LogP contribution >= 0.6 is 0 Å². The number of nitrogens with zero attached hydrogens (tertiary/aromatic N) is 1. The first kappa shape index (κ1) is 12.2. The van der Waals surface area contributed by atoms with Crippen LogP contribution < -0.4 is 0 Å². The molecule has 0 aromatic carbocycles.